The van der Waals surface area contributed by atoms with Crippen LogP contribution < -0.4 is 10.3 Å². The summed E-state index contributed by atoms with van der Waals surface area (Å²) in [7, 11) is 1.61. The molecule has 0 N–H and O–H groups in total. The Morgan fingerprint density at radius 1 is 1.15 bits per heavy atom. The van der Waals surface area contributed by atoms with Gasteiger partial charge in [-0.05, 0) is 42.2 Å². The number of ether oxygens (including phenoxy) is 1. The van der Waals surface area contributed by atoms with Gasteiger partial charge in [-0.2, -0.15) is 0 Å². The van der Waals surface area contributed by atoms with Crippen molar-refractivity contribution in [1.82, 2.24) is 14.4 Å². The summed E-state index contributed by atoms with van der Waals surface area (Å²) in [5.41, 5.74) is 1.93. The molecule has 34 heavy (non-hydrogen) atoms. The van der Waals surface area contributed by atoms with Crippen LogP contribution in [-0.4, -0.2) is 57.2 Å². The number of hydrogen-bond acceptors (Lipinski definition) is 6. The molecular weight excluding hydrogens is 470 g/mol. The fourth-order valence-electron chi connectivity index (χ4n) is 5.01. The molecule has 1 aromatic heterocycles. The van der Waals surface area contributed by atoms with Gasteiger partial charge in [0.25, 0.3) is 11.5 Å². The highest BCUT2D eigenvalue weighted by Crippen LogP contribution is 2.36. The quantitative estimate of drug-likeness (QED) is 0.469. The van der Waals surface area contributed by atoms with Crippen molar-refractivity contribution >= 4 is 46.2 Å². The van der Waals surface area contributed by atoms with Gasteiger partial charge in [0.2, 0.25) is 5.91 Å². The van der Waals surface area contributed by atoms with E-state index in [1.807, 2.05) is 45.9 Å². The second kappa shape index (κ2) is 9.38. The summed E-state index contributed by atoms with van der Waals surface area (Å²) in [6.07, 6.45) is 3.03. The number of fused-ring (bicyclic) bond motifs is 4. The van der Waals surface area contributed by atoms with Gasteiger partial charge in [-0.15, -0.1) is 0 Å². The van der Waals surface area contributed by atoms with Gasteiger partial charge in [-0.1, -0.05) is 42.2 Å². The molecule has 2 atom stereocenters. The Morgan fingerprint density at radius 2 is 1.94 bits per heavy atom. The van der Waals surface area contributed by atoms with Crippen LogP contribution in [0.15, 0.2) is 52.2 Å². The Bertz CT molecular complexity index is 1240. The Balaban J connectivity index is 1.22. The fraction of sp³-hybridized carbons (Fsp3) is 0.360. The van der Waals surface area contributed by atoms with Crippen LogP contribution in [0.4, 0.5) is 0 Å². The standard InChI is InChI=1S/C25H25N3O4S2/c1-32-19-7-5-16(6-8-19)12-21-24(31)27(25(33)34-21)10-9-22(29)26-13-17-11-18(15-26)20-3-2-4-23(30)28(20)14-17/h2-8,12,17-18H,9-11,13-15H2,1H3/b21-12+/t17-,18+/m0/s1. The van der Waals surface area contributed by atoms with Crippen molar-refractivity contribution in [2.24, 2.45) is 5.92 Å². The lowest BCUT2D eigenvalue weighted by Crippen LogP contribution is -2.49. The number of benzene rings is 1. The maximum absolute atomic E-state index is 13.1. The minimum atomic E-state index is -0.164. The number of thioether (sulfide) groups is 1. The molecule has 7 nitrogen and oxygen atoms in total. The van der Waals surface area contributed by atoms with Gasteiger partial charge in [0.15, 0.2) is 0 Å². The predicted molar refractivity (Wildman–Crippen MR) is 136 cm³/mol. The second-order valence-electron chi connectivity index (χ2n) is 8.85. The number of likely N-dealkylation sites (tertiary alicyclic amines) is 1. The average molecular weight is 496 g/mol. The lowest BCUT2D eigenvalue weighted by molar-refractivity contribution is -0.134. The minimum Gasteiger partial charge on any atom is -0.497 e. The maximum atomic E-state index is 13.1. The smallest absolute Gasteiger partial charge is 0.266 e. The van der Waals surface area contributed by atoms with Gasteiger partial charge in [-0.3, -0.25) is 19.3 Å². The molecule has 4 heterocycles. The molecule has 2 saturated heterocycles. The first-order valence-electron chi connectivity index (χ1n) is 11.3. The summed E-state index contributed by atoms with van der Waals surface area (Å²) in [6, 6.07) is 12.8. The van der Waals surface area contributed by atoms with Crippen molar-refractivity contribution in [1.29, 1.82) is 0 Å². The van der Waals surface area contributed by atoms with E-state index in [0.717, 1.165) is 23.4 Å². The Labute approximate surface area is 207 Å². The largest absolute Gasteiger partial charge is 0.497 e. The van der Waals surface area contributed by atoms with Crippen LogP contribution in [0.2, 0.25) is 0 Å². The van der Waals surface area contributed by atoms with Crippen molar-refractivity contribution < 1.29 is 14.3 Å². The first kappa shape index (κ1) is 22.9. The minimum absolute atomic E-state index is 0.0228. The van der Waals surface area contributed by atoms with E-state index in [1.165, 1.54) is 16.7 Å². The highest BCUT2D eigenvalue weighted by atomic mass is 32.2. The topological polar surface area (TPSA) is 71.8 Å². The molecular formula is C25H25N3O4S2. The lowest BCUT2D eigenvalue weighted by Gasteiger charge is -2.42. The molecule has 176 valence electrons. The van der Waals surface area contributed by atoms with Crippen molar-refractivity contribution in [3.63, 3.8) is 0 Å². The van der Waals surface area contributed by atoms with Crippen LogP contribution in [0.1, 0.15) is 30.0 Å². The lowest BCUT2D eigenvalue weighted by atomic mass is 9.83. The third-order valence-corrected chi connectivity index (χ3v) is 8.05. The van der Waals surface area contributed by atoms with Crippen LogP contribution in [0.3, 0.4) is 0 Å². The van der Waals surface area contributed by atoms with E-state index in [4.69, 9.17) is 17.0 Å². The van der Waals surface area contributed by atoms with Gasteiger partial charge >= 0.3 is 0 Å². The third kappa shape index (κ3) is 4.42. The van der Waals surface area contributed by atoms with Gasteiger partial charge < -0.3 is 14.2 Å². The normalized spacial score (nSPS) is 22.8. The molecule has 2 bridgehead atoms. The second-order valence-corrected chi connectivity index (χ2v) is 10.5. The summed E-state index contributed by atoms with van der Waals surface area (Å²) < 4.78 is 7.50. The molecule has 3 aliphatic rings. The highest BCUT2D eigenvalue weighted by Gasteiger charge is 2.37. The van der Waals surface area contributed by atoms with Gasteiger partial charge in [0.1, 0.15) is 10.1 Å². The summed E-state index contributed by atoms with van der Waals surface area (Å²) in [6.45, 7) is 2.17. The molecule has 0 saturated carbocycles. The Morgan fingerprint density at radius 3 is 2.71 bits per heavy atom. The van der Waals surface area contributed by atoms with E-state index in [1.54, 1.807) is 19.2 Å². The Kier molecular flexibility index (Phi) is 6.31. The zero-order valence-corrected chi connectivity index (χ0v) is 20.4. The van der Waals surface area contributed by atoms with Crippen LogP contribution in [0.5, 0.6) is 5.75 Å². The van der Waals surface area contributed by atoms with Crippen molar-refractivity contribution in [3.8, 4) is 5.75 Å². The molecule has 1 aromatic carbocycles. The number of hydrogen-bond donors (Lipinski definition) is 0. The summed E-state index contributed by atoms with van der Waals surface area (Å²) in [5, 5.41) is 0. The van der Waals surface area contributed by atoms with E-state index in [-0.39, 0.29) is 42.2 Å². The van der Waals surface area contributed by atoms with Gasteiger partial charge in [0, 0.05) is 50.3 Å². The van der Waals surface area contributed by atoms with Gasteiger partial charge in [-0.25, -0.2) is 0 Å². The molecule has 9 heteroatoms. The number of thiocarbonyl (C=S) groups is 1. The predicted octanol–water partition coefficient (Wildman–Crippen LogP) is 3.09. The molecule has 0 aliphatic carbocycles. The van der Waals surface area contributed by atoms with E-state index >= 15 is 0 Å². The average Bonchev–Trinajstić information content (AvgIpc) is 3.10. The van der Waals surface area contributed by atoms with Crippen LogP contribution in [0, 0.1) is 5.92 Å². The zero-order chi connectivity index (χ0) is 23.8. The molecule has 3 aliphatic heterocycles. The van der Waals surface area contributed by atoms with Crippen molar-refractivity contribution in [2.45, 2.75) is 25.3 Å². The van der Waals surface area contributed by atoms with Crippen LogP contribution in [-0.2, 0) is 16.1 Å². The number of nitrogens with zero attached hydrogens (tertiary/aromatic N) is 3. The number of carbonyl (C=O) groups excluding carboxylic acids is 2. The third-order valence-electron chi connectivity index (χ3n) is 6.67. The van der Waals surface area contributed by atoms with E-state index < -0.39 is 0 Å². The van der Waals surface area contributed by atoms with Crippen molar-refractivity contribution in [2.75, 3.05) is 26.7 Å². The number of methoxy groups -OCH3 is 1. The summed E-state index contributed by atoms with van der Waals surface area (Å²) >= 11 is 6.69. The van der Waals surface area contributed by atoms with E-state index in [9.17, 15) is 14.4 Å². The SMILES string of the molecule is COc1ccc(/C=C2/SC(=S)N(CCC(=O)N3C[C@@H]4C[C@H](C3)c3cccc(=O)n3C4)C2=O)cc1. The monoisotopic (exact) mass is 495 g/mol. The maximum Gasteiger partial charge on any atom is 0.266 e. The summed E-state index contributed by atoms with van der Waals surface area (Å²) in [4.78, 5) is 42.2. The number of amides is 2. The molecule has 2 fully saturated rings. The van der Waals surface area contributed by atoms with Gasteiger partial charge in [0.05, 0.1) is 12.0 Å². The highest BCUT2D eigenvalue weighted by molar-refractivity contribution is 8.26. The number of pyridine rings is 1. The molecule has 2 amide bonds. The summed E-state index contributed by atoms with van der Waals surface area (Å²) in [5.74, 6) is 1.06. The zero-order valence-electron chi connectivity index (χ0n) is 18.8. The van der Waals surface area contributed by atoms with Crippen LogP contribution in [0.25, 0.3) is 6.08 Å². The number of carbonyl (C=O) groups is 2. The van der Waals surface area contributed by atoms with E-state index in [2.05, 4.69) is 0 Å². The number of piperidine rings is 1. The van der Waals surface area contributed by atoms with E-state index in [0.29, 0.717) is 28.9 Å². The number of rotatable bonds is 5. The molecule has 0 radical (unpaired) electrons. The molecule has 5 rings (SSSR count). The first-order valence-corrected chi connectivity index (χ1v) is 12.5. The van der Waals surface area contributed by atoms with Crippen LogP contribution >= 0.6 is 24.0 Å². The molecule has 0 unspecified atom stereocenters. The van der Waals surface area contributed by atoms with Crippen molar-refractivity contribution in [3.05, 3.63) is 69.0 Å². The fourth-order valence-corrected chi connectivity index (χ4v) is 6.32. The number of aromatic nitrogens is 1. The molecule has 2 aromatic rings. The molecule has 0 spiro atoms. The first-order chi connectivity index (χ1) is 16.4. The Hall–Kier alpha value is -2.91.